The number of hydrogen-bond donors (Lipinski definition) is 2. The zero-order valence-corrected chi connectivity index (χ0v) is 11.0. The van der Waals surface area contributed by atoms with Crippen molar-refractivity contribution in [2.45, 2.75) is 38.5 Å². The van der Waals surface area contributed by atoms with Crippen LogP contribution in [0.2, 0.25) is 0 Å². The van der Waals surface area contributed by atoms with Gasteiger partial charge in [0.2, 0.25) is 5.91 Å². The van der Waals surface area contributed by atoms with Crippen molar-refractivity contribution in [2.24, 2.45) is 5.73 Å². The number of rotatable bonds is 10. The fourth-order valence-corrected chi connectivity index (χ4v) is 1.90. The van der Waals surface area contributed by atoms with E-state index in [1.165, 1.54) is 18.4 Å². The van der Waals surface area contributed by atoms with Crippen LogP contribution in [0.3, 0.4) is 0 Å². The third-order valence-electron chi connectivity index (χ3n) is 2.94. The molecule has 0 aromatic heterocycles. The Kier molecular flexibility index (Phi) is 7.89. The van der Waals surface area contributed by atoms with Gasteiger partial charge < -0.3 is 11.1 Å². The van der Waals surface area contributed by atoms with Gasteiger partial charge in [0.1, 0.15) is 0 Å². The molecule has 18 heavy (non-hydrogen) atoms. The van der Waals surface area contributed by atoms with Crippen molar-refractivity contribution in [1.29, 1.82) is 0 Å². The molecule has 0 spiro atoms. The van der Waals surface area contributed by atoms with Crippen molar-refractivity contribution in [3.63, 3.8) is 0 Å². The number of unbranched alkanes of at least 4 members (excludes halogenated alkanes) is 2. The molecule has 0 bridgehead atoms. The number of benzene rings is 1. The molecule has 0 saturated heterocycles. The maximum atomic E-state index is 10.5. The summed E-state index contributed by atoms with van der Waals surface area (Å²) >= 11 is 0. The van der Waals surface area contributed by atoms with Crippen molar-refractivity contribution in [2.75, 3.05) is 13.1 Å². The smallest absolute Gasteiger partial charge is 0.217 e. The molecule has 0 fully saturated rings. The molecular formula is C15H24N2O. The van der Waals surface area contributed by atoms with Crippen molar-refractivity contribution in [1.82, 2.24) is 5.32 Å². The van der Waals surface area contributed by atoms with Crippen molar-refractivity contribution < 1.29 is 4.79 Å². The molecule has 1 aromatic rings. The molecular weight excluding hydrogens is 224 g/mol. The van der Waals surface area contributed by atoms with Crippen LogP contribution in [0.1, 0.15) is 37.7 Å². The lowest BCUT2D eigenvalue weighted by atomic mass is 10.1. The van der Waals surface area contributed by atoms with E-state index in [1.54, 1.807) is 0 Å². The lowest BCUT2D eigenvalue weighted by Crippen LogP contribution is -2.17. The first kappa shape index (κ1) is 14.7. The summed E-state index contributed by atoms with van der Waals surface area (Å²) in [4.78, 5) is 10.5. The molecule has 1 amide bonds. The van der Waals surface area contributed by atoms with Crippen LogP contribution >= 0.6 is 0 Å². The molecule has 0 atom stereocenters. The second-order valence-corrected chi connectivity index (χ2v) is 4.62. The van der Waals surface area contributed by atoms with Crippen LogP contribution in [0, 0.1) is 0 Å². The molecule has 1 rings (SSSR count). The summed E-state index contributed by atoms with van der Waals surface area (Å²) in [5, 5.41) is 3.39. The number of primary amides is 1. The fourth-order valence-electron chi connectivity index (χ4n) is 1.90. The summed E-state index contributed by atoms with van der Waals surface area (Å²) in [5.41, 5.74) is 6.48. The van der Waals surface area contributed by atoms with E-state index in [9.17, 15) is 4.79 Å². The number of hydrogen-bond acceptors (Lipinski definition) is 2. The first-order chi connectivity index (χ1) is 8.79. The van der Waals surface area contributed by atoms with Crippen LogP contribution < -0.4 is 11.1 Å². The van der Waals surface area contributed by atoms with Crippen LogP contribution in [0.4, 0.5) is 0 Å². The molecule has 0 radical (unpaired) electrons. The average molecular weight is 248 g/mol. The predicted octanol–water partition coefficient (Wildman–Crippen LogP) is 2.25. The number of carbonyl (C=O) groups excluding carboxylic acids is 1. The monoisotopic (exact) mass is 248 g/mol. The molecule has 0 saturated carbocycles. The molecule has 3 nitrogen and oxygen atoms in total. The Labute approximate surface area is 110 Å². The SMILES string of the molecule is NC(=O)CCCCNCCCCc1ccccc1. The maximum Gasteiger partial charge on any atom is 0.217 e. The molecule has 0 aliphatic heterocycles. The Morgan fingerprint density at radius 3 is 2.33 bits per heavy atom. The highest BCUT2D eigenvalue weighted by atomic mass is 16.1. The summed E-state index contributed by atoms with van der Waals surface area (Å²) in [7, 11) is 0. The summed E-state index contributed by atoms with van der Waals surface area (Å²) in [5.74, 6) is -0.196. The summed E-state index contributed by atoms with van der Waals surface area (Å²) in [6.45, 7) is 2.04. The molecule has 0 aliphatic rings. The van der Waals surface area contributed by atoms with Crippen LogP contribution in [0.5, 0.6) is 0 Å². The molecule has 100 valence electrons. The highest BCUT2D eigenvalue weighted by Crippen LogP contribution is 2.03. The summed E-state index contributed by atoms with van der Waals surface area (Å²) in [6.07, 6.45) is 6.01. The second-order valence-electron chi connectivity index (χ2n) is 4.62. The van der Waals surface area contributed by atoms with Crippen LogP contribution in [0.15, 0.2) is 30.3 Å². The average Bonchev–Trinajstić information content (AvgIpc) is 2.37. The lowest BCUT2D eigenvalue weighted by molar-refractivity contribution is -0.118. The second kappa shape index (κ2) is 9.66. The third-order valence-corrected chi connectivity index (χ3v) is 2.94. The largest absolute Gasteiger partial charge is 0.370 e. The van der Waals surface area contributed by atoms with Crippen molar-refractivity contribution >= 4 is 5.91 Å². The molecule has 3 N–H and O–H groups in total. The fraction of sp³-hybridized carbons (Fsp3) is 0.533. The highest BCUT2D eigenvalue weighted by Gasteiger charge is 1.95. The van der Waals surface area contributed by atoms with E-state index < -0.39 is 0 Å². The minimum Gasteiger partial charge on any atom is -0.370 e. The minimum atomic E-state index is -0.196. The van der Waals surface area contributed by atoms with E-state index in [1.807, 2.05) is 0 Å². The zero-order chi connectivity index (χ0) is 13.1. The van der Waals surface area contributed by atoms with Gasteiger partial charge >= 0.3 is 0 Å². The predicted molar refractivity (Wildman–Crippen MR) is 75.3 cm³/mol. The number of nitrogens with one attached hydrogen (secondary N) is 1. The van der Waals surface area contributed by atoms with Gasteiger partial charge in [0, 0.05) is 6.42 Å². The third kappa shape index (κ3) is 7.85. The van der Waals surface area contributed by atoms with E-state index in [0.29, 0.717) is 6.42 Å². The Morgan fingerprint density at radius 2 is 1.67 bits per heavy atom. The Hall–Kier alpha value is -1.35. The molecule has 0 aliphatic carbocycles. The Morgan fingerprint density at radius 1 is 1.00 bits per heavy atom. The first-order valence-corrected chi connectivity index (χ1v) is 6.82. The van der Waals surface area contributed by atoms with E-state index in [2.05, 4.69) is 35.6 Å². The van der Waals surface area contributed by atoms with E-state index in [-0.39, 0.29) is 5.91 Å². The molecule has 3 heteroatoms. The van der Waals surface area contributed by atoms with Gasteiger partial charge in [-0.2, -0.15) is 0 Å². The van der Waals surface area contributed by atoms with Crippen LogP contribution in [0.25, 0.3) is 0 Å². The quantitative estimate of drug-likeness (QED) is 0.624. The van der Waals surface area contributed by atoms with Crippen LogP contribution in [-0.2, 0) is 11.2 Å². The van der Waals surface area contributed by atoms with Crippen LogP contribution in [-0.4, -0.2) is 19.0 Å². The molecule has 0 heterocycles. The molecule has 1 aromatic carbocycles. The van der Waals surface area contributed by atoms with Gasteiger partial charge in [-0.05, 0) is 50.8 Å². The van der Waals surface area contributed by atoms with Gasteiger partial charge in [0.15, 0.2) is 0 Å². The standard InChI is InChI=1S/C15H24N2O/c16-15(18)11-5-7-13-17-12-6-4-10-14-8-2-1-3-9-14/h1-3,8-9,17H,4-7,10-13H2,(H2,16,18). The summed E-state index contributed by atoms with van der Waals surface area (Å²) < 4.78 is 0. The number of amides is 1. The van der Waals surface area contributed by atoms with E-state index >= 15 is 0 Å². The minimum absolute atomic E-state index is 0.196. The topological polar surface area (TPSA) is 55.1 Å². The van der Waals surface area contributed by atoms with Gasteiger partial charge in [-0.15, -0.1) is 0 Å². The molecule has 0 unspecified atom stereocenters. The van der Waals surface area contributed by atoms with Gasteiger partial charge in [-0.1, -0.05) is 30.3 Å². The van der Waals surface area contributed by atoms with Gasteiger partial charge in [0.05, 0.1) is 0 Å². The number of carbonyl (C=O) groups is 1. The Balaban J connectivity index is 1.86. The van der Waals surface area contributed by atoms with Crippen molar-refractivity contribution in [3.05, 3.63) is 35.9 Å². The Bertz CT molecular complexity index is 325. The van der Waals surface area contributed by atoms with E-state index in [4.69, 9.17) is 5.73 Å². The lowest BCUT2D eigenvalue weighted by Gasteiger charge is -2.04. The number of nitrogens with two attached hydrogens (primary N) is 1. The highest BCUT2D eigenvalue weighted by molar-refractivity contribution is 5.73. The maximum absolute atomic E-state index is 10.5. The van der Waals surface area contributed by atoms with Gasteiger partial charge in [0.25, 0.3) is 0 Å². The van der Waals surface area contributed by atoms with Crippen molar-refractivity contribution in [3.8, 4) is 0 Å². The van der Waals surface area contributed by atoms with Gasteiger partial charge in [-0.25, -0.2) is 0 Å². The normalized spacial score (nSPS) is 10.4. The van der Waals surface area contributed by atoms with E-state index in [0.717, 1.165) is 32.4 Å². The zero-order valence-electron chi connectivity index (χ0n) is 11.0. The van der Waals surface area contributed by atoms with Gasteiger partial charge in [-0.3, -0.25) is 4.79 Å². The first-order valence-electron chi connectivity index (χ1n) is 6.82. The number of aryl methyl sites for hydroxylation is 1. The summed E-state index contributed by atoms with van der Waals surface area (Å²) in [6, 6.07) is 10.6.